The SMILES string of the molecule is CCCCCC=CCC=CCC=CCCCCCCC(=O)OCC(COP(=O)(O)OCCN)OC(=O)CCCCCCCCCCCCCCCCCCC. The van der Waals surface area contributed by atoms with Gasteiger partial charge in [0, 0.05) is 19.4 Å². The van der Waals surface area contributed by atoms with E-state index in [1.54, 1.807) is 0 Å². The Kier molecular flexibility index (Phi) is 40.5. The van der Waals surface area contributed by atoms with Crippen molar-refractivity contribution in [1.29, 1.82) is 0 Å². The van der Waals surface area contributed by atoms with Crippen LogP contribution in [0.15, 0.2) is 36.5 Å². The van der Waals surface area contributed by atoms with Gasteiger partial charge < -0.3 is 20.1 Å². The Hall–Kier alpha value is -1.77. The summed E-state index contributed by atoms with van der Waals surface area (Å²) in [5.41, 5.74) is 5.35. The zero-order valence-electron chi connectivity index (χ0n) is 35.4. The Balaban J connectivity index is 4.16. The molecule has 0 spiro atoms. The normalized spacial score (nSPS) is 13.6. The number of carbonyl (C=O) groups excluding carboxylic acids is 2. The molecule has 2 unspecified atom stereocenters. The van der Waals surface area contributed by atoms with Gasteiger partial charge in [0.1, 0.15) is 6.61 Å². The summed E-state index contributed by atoms with van der Waals surface area (Å²) in [6, 6.07) is 0. The summed E-state index contributed by atoms with van der Waals surface area (Å²) >= 11 is 0. The van der Waals surface area contributed by atoms with E-state index in [9.17, 15) is 19.0 Å². The monoisotopic (exact) mass is 798 g/mol. The van der Waals surface area contributed by atoms with E-state index in [4.69, 9.17) is 24.3 Å². The second-order valence-electron chi connectivity index (χ2n) is 14.9. The van der Waals surface area contributed by atoms with Gasteiger partial charge in [-0.1, -0.05) is 179 Å². The standard InChI is InChI=1S/C45H84NO8P/c1-3-5-7-9-11-13-15-17-19-21-23-25-27-29-31-33-35-37-44(47)51-41-43(42-53-55(49,50)52-40-39-46)54-45(48)38-36-34-32-30-28-26-24-22-20-18-16-14-12-10-8-6-4-2/h11,13,17,19,23,25,43H,3-10,12,14-16,18,20-22,24,26-42,46H2,1-2H3,(H,49,50). The third-order valence-electron chi connectivity index (χ3n) is 9.53. The Morgan fingerprint density at radius 3 is 1.44 bits per heavy atom. The highest BCUT2D eigenvalue weighted by atomic mass is 31.2. The van der Waals surface area contributed by atoms with Gasteiger partial charge in [0.15, 0.2) is 6.10 Å². The molecule has 0 aliphatic carbocycles. The van der Waals surface area contributed by atoms with Gasteiger partial charge >= 0.3 is 19.8 Å². The quantitative estimate of drug-likeness (QED) is 0.0268. The summed E-state index contributed by atoms with van der Waals surface area (Å²) < 4.78 is 32.8. The molecule has 10 heteroatoms. The number of hydrogen-bond acceptors (Lipinski definition) is 8. The lowest BCUT2D eigenvalue weighted by Crippen LogP contribution is -2.29. The first-order valence-corrected chi connectivity index (χ1v) is 24.0. The van der Waals surface area contributed by atoms with Gasteiger partial charge in [-0.15, -0.1) is 0 Å². The Morgan fingerprint density at radius 1 is 0.545 bits per heavy atom. The molecule has 55 heavy (non-hydrogen) atoms. The molecule has 0 heterocycles. The highest BCUT2D eigenvalue weighted by Gasteiger charge is 2.26. The van der Waals surface area contributed by atoms with Crippen LogP contribution in [0.25, 0.3) is 0 Å². The largest absolute Gasteiger partial charge is 0.472 e. The predicted molar refractivity (Wildman–Crippen MR) is 229 cm³/mol. The number of rotatable bonds is 42. The molecular formula is C45H84NO8P. The summed E-state index contributed by atoms with van der Waals surface area (Å²) in [6.07, 6.45) is 46.0. The third-order valence-corrected chi connectivity index (χ3v) is 10.5. The Bertz CT molecular complexity index is 1000. The second-order valence-corrected chi connectivity index (χ2v) is 16.4. The zero-order valence-corrected chi connectivity index (χ0v) is 36.3. The molecule has 0 radical (unpaired) electrons. The number of unbranched alkanes of at least 4 members (excludes halogenated alkanes) is 23. The van der Waals surface area contributed by atoms with Crippen LogP contribution in [0.4, 0.5) is 0 Å². The highest BCUT2D eigenvalue weighted by molar-refractivity contribution is 7.47. The molecule has 0 aliphatic heterocycles. The van der Waals surface area contributed by atoms with Gasteiger partial charge in [0.25, 0.3) is 0 Å². The molecule has 0 amide bonds. The van der Waals surface area contributed by atoms with Crippen molar-refractivity contribution < 1.29 is 37.6 Å². The molecule has 0 fully saturated rings. The van der Waals surface area contributed by atoms with Gasteiger partial charge in [-0.3, -0.25) is 18.6 Å². The molecule has 9 nitrogen and oxygen atoms in total. The van der Waals surface area contributed by atoms with Crippen molar-refractivity contribution in [3.8, 4) is 0 Å². The number of ether oxygens (including phenoxy) is 2. The number of carbonyl (C=O) groups is 2. The number of esters is 2. The molecule has 3 N–H and O–H groups in total. The molecule has 2 atom stereocenters. The number of phosphoric ester groups is 1. The average Bonchev–Trinajstić information content (AvgIpc) is 3.17. The fourth-order valence-electron chi connectivity index (χ4n) is 6.17. The van der Waals surface area contributed by atoms with E-state index in [1.165, 1.54) is 116 Å². The van der Waals surface area contributed by atoms with Crippen LogP contribution in [0, 0.1) is 0 Å². The number of hydrogen-bond donors (Lipinski definition) is 2. The maximum Gasteiger partial charge on any atom is 0.472 e. The van der Waals surface area contributed by atoms with Crippen molar-refractivity contribution in [2.45, 2.75) is 213 Å². The molecule has 322 valence electrons. The summed E-state index contributed by atoms with van der Waals surface area (Å²) in [5.74, 6) is -0.847. The summed E-state index contributed by atoms with van der Waals surface area (Å²) in [4.78, 5) is 34.9. The smallest absolute Gasteiger partial charge is 0.462 e. The van der Waals surface area contributed by atoms with Crippen LogP contribution in [0.2, 0.25) is 0 Å². The van der Waals surface area contributed by atoms with Gasteiger partial charge in [-0.25, -0.2) is 4.57 Å². The highest BCUT2D eigenvalue weighted by Crippen LogP contribution is 2.43. The molecule has 0 aromatic rings. The molecule has 0 saturated carbocycles. The van der Waals surface area contributed by atoms with E-state index >= 15 is 0 Å². The van der Waals surface area contributed by atoms with E-state index in [0.717, 1.165) is 51.4 Å². The van der Waals surface area contributed by atoms with Crippen LogP contribution in [0.3, 0.4) is 0 Å². The first kappa shape index (κ1) is 53.2. The molecule has 0 aromatic carbocycles. The minimum atomic E-state index is -4.38. The third kappa shape index (κ3) is 41.7. The molecule has 0 bridgehead atoms. The zero-order chi connectivity index (χ0) is 40.3. The van der Waals surface area contributed by atoms with Gasteiger partial charge in [-0.05, 0) is 51.4 Å². The van der Waals surface area contributed by atoms with Crippen LogP contribution >= 0.6 is 7.82 Å². The van der Waals surface area contributed by atoms with E-state index in [2.05, 4.69) is 50.3 Å². The Morgan fingerprint density at radius 2 is 0.945 bits per heavy atom. The van der Waals surface area contributed by atoms with E-state index in [1.807, 2.05) is 0 Å². The van der Waals surface area contributed by atoms with Crippen molar-refractivity contribution in [3.63, 3.8) is 0 Å². The lowest BCUT2D eigenvalue weighted by atomic mass is 10.0. The lowest BCUT2D eigenvalue weighted by molar-refractivity contribution is -0.161. The van der Waals surface area contributed by atoms with Crippen LogP contribution in [-0.2, 0) is 32.7 Å². The maximum absolute atomic E-state index is 12.6. The van der Waals surface area contributed by atoms with Crippen molar-refractivity contribution in [2.24, 2.45) is 5.73 Å². The number of allylic oxidation sites excluding steroid dienone is 6. The molecule has 0 saturated heterocycles. The topological polar surface area (TPSA) is 134 Å². The van der Waals surface area contributed by atoms with Gasteiger partial charge in [0.2, 0.25) is 0 Å². The Labute approximate surface area is 337 Å². The average molecular weight is 798 g/mol. The second kappa shape index (κ2) is 41.9. The summed E-state index contributed by atoms with van der Waals surface area (Å²) in [7, 11) is -4.38. The summed E-state index contributed by atoms with van der Waals surface area (Å²) in [5, 5.41) is 0. The number of nitrogens with two attached hydrogens (primary N) is 1. The van der Waals surface area contributed by atoms with Crippen LogP contribution in [0.5, 0.6) is 0 Å². The van der Waals surface area contributed by atoms with Crippen LogP contribution < -0.4 is 5.73 Å². The summed E-state index contributed by atoms with van der Waals surface area (Å²) in [6.45, 7) is 3.70. The lowest BCUT2D eigenvalue weighted by Gasteiger charge is -2.19. The first-order valence-electron chi connectivity index (χ1n) is 22.5. The van der Waals surface area contributed by atoms with Crippen molar-refractivity contribution in [3.05, 3.63) is 36.5 Å². The maximum atomic E-state index is 12.6. The molecule has 0 aromatic heterocycles. The molecule has 0 rings (SSSR count). The van der Waals surface area contributed by atoms with Crippen molar-refractivity contribution in [2.75, 3.05) is 26.4 Å². The van der Waals surface area contributed by atoms with E-state index < -0.39 is 32.5 Å². The van der Waals surface area contributed by atoms with Gasteiger partial charge in [-0.2, -0.15) is 0 Å². The fourth-order valence-corrected chi connectivity index (χ4v) is 6.94. The minimum absolute atomic E-state index is 0.0508. The van der Waals surface area contributed by atoms with Crippen LogP contribution in [0.1, 0.15) is 206 Å². The minimum Gasteiger partial charge on any atom is -0.462 e. The predicted octanol–water partition coefficient (Wildman–Crippen LogP) is 12.9. The number of phosphoric acid groups is 1. The van der Waals surface area contributed by atoms with Gasteiger partial charge in [0.05, 0.1) is 13.2 Å². The molecular weight excluding hydrogens is 713 g/mol. The first-order chi connectivity index (χ1) is 26.8. The van der Waals surface area contributed by atoms with E-state index in [-0.39, 0.29) is 32.6 Å². The van der Waals surface area contributed by atoms with Crippen molar-refractivity contribution >= 4 is 19.8 Å². The van der Waals surface area contributed by atoms with E-state index in [0.29, 0.717) is 12.8 Å². The van der Waals surface area contributed by atoms with Crippen LogP contribution in [-0.4, -0.2) is 49.3 Å². The van der Waals surface area contributed by atoms with Crippen molar-refractivity contribution in [1.82, 2.24) is 0 Å². The fraction of sp³-hybridized carbons (Fsp3) is 0.822. The molecule has 0 aliphatic rings.